The van der Waals surface area contributed by atoms with Crippen molar-refractivity contribution in [2.45, 2.75) is 39.6 Å². The second kappa shape index (κ2) is 8.91. The van der Waals surface area contributed by atoms with Crippen molar-refractivity contribution >= 4 is 11.9 Å². The zero-order valence-electron chi connectivity index (χ0n) is 15.8. The van der Waals surface area contributed by atoms with Gasteiger partial charge in [0.1, 0.15) is 12.6 Å². The molecule has 0 bridgehead atoms. The number of benzene rings is 2. The van der Waals surface area contributed by atoms with Gasteiger partial charge in [0, 0.05) is 5.56 Å². The van der Waals surface area contributed by atoms with Crippen LogP contribution in [0.1, 0.15) is 40.9 Å². The maximum atomic E-state index is 12.6. The van der Waals surface area contributed by atoms with Gasteiger partial charge in [-0.3, -0.25) is 4.79 Å². The molecule has 2 aromatic carbocycles. The lowest BCUT2D eigenvalue weighted by Crippen LogP contribution is -2.45. The summed E-state index contributed by atoms with van der Waals surface area (Å²) in [5.74, 6) is -1.26. The molecule has 0 aliphatic rings. The van der Waals surface area contributed by atoms with E-state index in [2.05, 4.69) is 5.32 Å². The van der Waals surface area contributed by atoms with Crippen molar-refractivity contribution in [2.24, 2.45) is 5.92 Å². The lowest BCUT2D eigenvalue weighted by atomic mass is 10.0. The Morgan fingerprint density at radius 2 is 1.64 bits per heavy atom. The molecular formula is C21H22F3NO3. The molecule has 0 aliphatic heterocycles. The molecule has 0 heterocycles. The smallest absolute Gasteiger partial charge is 0.416 e. The molecule has 150 valence electrons. The monoisotopic (exact) mass is 393 g/mol. The third-order valence-corrected chi connectivity index (χ3v) is 4.26. The van der Waals surface area contributed by atoms with Crippen molar-refractivity contribution in [2.75, 3.05) is 0 Å². The standard InChI is InChI=1S/C21H22F3NO3/c1-13(2)18(25-19(26)17-7-5-4-6-14(17)3)20(27)28-12-15-8-10-16(11-9-15)21(22,23)24/h4-11,13,18H,12H2,1-3H3,(H,25,26)/t18-/m0/s1. The van der Waals surface area contributed by atoms with Crippen LogP contribution in [0, 0.1) is 12.8 Å². The summed E-state index contributed by atoms with van der Waals surface area (Å²) >= 11 is 0. The van der Waals surface area contributed by atoms with Crippen molar-refractivity contribution in [3.8, 4) is 0 Å². The van der Waals surface area contributed by atoms with Crippen LogP contribution >= 0.6 is 0 Å². The van der Waals surface area contributed by atoms with Gasteiger partial charge in [-0.1, -0.05) is 44.2 Å². The minimum atomic E-state index is -4.42. The molecular weight excluding hydrogens is 371 g/mol. The lowest BCUT2D eigenvalue weighted by Gasteiger charge is -2.21. The van der Waals surface area contributed by atoms with Gasteiger partial charge in [0.15, 0.2) is 0 Å². The van der Waals surface area contributed by atoms with Crippen LogP contribution in [-0.2, 0) is 22.3 Å². The van der Waals surface area contributed by atoms with Crippen LogP contribution in [0.4, 0.5) is 13.2 Å². The zero-order valence-corrected chi connectivity index (χ0v) is 15.8. The Hall–Kier alpha value is -2.83. The minimum Gasteiger partial charge on any atom is -0.459 e. The second-order valence-corrected chi connectivity index (χ2v) is 6.81. The van der Waals surface area contributed by atoms with Gasteiger partial charge in [-0.05, 0) is 42.2 Å². The van der Waals surface area contributed by atoms with E-state index >= 15 is 0 Å². The number of alkyl halides is 3. The molecule has 0 aliphatic carbocycles. The first kappa shape index (κ1) is 21.5. The summed E-state index contributed by atoms with van der Waals surface area (Å²) in [4.78, 5) is 24.9. The predicted octanol–water partition coefficient (Wildman–Crippen LogP) is 4.51. The third-order valence-electron chi connectivity index (χ3n) is 4.26. The molecule has 0 radical (unpaired) electrons. The molecule has 7 heteroatoms. The largest absolute Gasteiger partial charge is 0.459 e. The summed E-state index contributed by atoms with van der Waals surface area (Å²) in [6.07, 6.45) is -4.42. The Morgan fingerprint density at radius 3 is 2.18 bits per heavy atom. The van der Waals surface area contributed by atoms with Gasteiger partial charge in [-0.15, -0.1) is 0 Å². The van der Waals surface area contributed by atoms with Crippen molar-refractivity contribution in [3.05, 3.63) is 70.8 Å². The van der Waals surface area contributed by atoms with Crippen molar-refractivity contribution in [1.82, 2.24) is 5.32 Å². The van der Waals surface area contributed by atoms with Crippen LogP contribution < -0.4 is 5.32 Å². The number of aryl methyl sites for hydroxylation is 1. The van der Waals surface area contributed by atoms with Gasteiger partial charge in [-0.25, -0.2) is 4.79 Å². The first-order valence-corrected chi connectivity index (χ1v) is 8.79. The van der Waals surface area contributed by atoms with Crippen LogP contribution in [0.3, 0.4) is 0 Å². The summed E-state index contributed by atoms with van der Waals surface area (Å²) in [7, 11) is 0. The molecule has 0 spiro atoms. The van der Waals surface area contributed by atoms with Gasteiger partial charge < -0.3 is 10.1 Å². The van der Waals surface area contributed by atoms with Gasteiger partial charge in [-0.2, -0.15) is 13.2 Å². The molecule has 1 atom stereocenters. The van der Waals surface area contributed by atoms with E-state index in [9.17, 15) is 22.8 Å². The molecule has 28 heavy (non-hydrogen) atoms. The highest BCUT2D eigenvalue weighted by molar-refractivity contribution is 5.98. The summed E-state index contributed by atoms with van der Waals surface area (Å²) in [6.45, 7) is 5.15. The second-order valence-electron chi connectivity index (χ2n) is 6.81. The molecule has 0 saturated carbocycles. The molecule has 0 saturated heterocycles. The highest BCUT2D eigenvalue weighted by atomic mass is 19.4. The molecule has 0 aromatic heterocycles. The maximum Gasteiger partial charge on any atom is 0.416 e. The van der Waals surface area contributed by atoms with Gasteiger partial charge in [0.25, 0.3) is 5.91 Å². The van der Waals surface area contributed by atoms with Crippen molar-refractivity contribution < 1.29 is 27.5 Å². The van der Waals surface area contributed by atoms with E-state index in [0.29, 0.717) is 11.1 Å². The molecule has 2 rings (SSSR count). The molecule has 1 N–H and O–H groups in total. The van der Waals surface area contributed by atoms with Crippen LogP contribution in [0.2, 0.25) is 0 Å². The quantitative estimate of drug-likeness (QED) is 0.735. The Bertz CT molecular complexity index is 830. The van der Waals surface area contributed by atoms with E-state index < -0.39 is 23.8 Å². The highest BCUT2D eigenvalue weighted by Gasteiger charge is 2.30. The average molecular weight is 393 g/mol. The van der Waals surface area contributed by atoms with Gasteiger partial charge in [0.2, 0.25) is 0 Å². The fourth-order valence-electron chi connectivity index (χ4n) is 2.58. The molecule has 0 fully saturated rings. The Balaban J connectivity index is 2.01. The molecule has 0 unspecified atom stereocenters. The molecule has 1 amide bonds. The van der Waals surface area contributed by atoms with Crippen molar-refractivity contribution in [1.29, 1.82) is 0 Å². The van der Waals surface area contributed by atoms with Crippen LogP contribution in [0.15, 0.2) is 48.5 Å². The van der Waals surface area contributed by atoms with E-state index in [0.717, 1.165) is 17.7 Å². The summed E-state index contributed by atoms with van der Waals surface area (Å²) in [5.41, 5.74) is 0.895. The number of carbonyl (C=O) groups excluding carboxylic acids is 2. The normalized spacial score (nSPS) is 12.5. The zero-order chi connectivity index (χ0) is 20.9. The molecule has 2 aromatic rings. The van der Waals surface area contributed by atoms with E-state index in [1.165, 1.54) is 12.1 Å². The minimum absolute atomic E-state index is 0.180. The lowest BCUT2D eigenvalue weighted by molar-refractivity contribution is -0.148. The van der Waals surface area contributed by atoms with Crippen molar-refractivity contribution in [3.63, 3.8) is 0 Å². The topological polar surface area (TPSA) is 55.4 Å². The van der Waals surface area contributed by atoms with Crippen LogP contribution in [0.5, 0.6) is 0 Å². The van der Waals surface area contributed by atoms with Crippen LogP contribution in [-0.4, -0.2) is 17.9 Å². The fraction of sp³-hybridized carbons (Fsp3) is 0.333. The highest BCUT2D eigenvalue weighted by Crippen LogP contribution is 2.29. The van der Waals surface area contributed by atoms with E-state index in [4.69, 9.17) is 4.74 Å². The Morgan fingerprint density at radius 1 is 1.04 bits per heavy atom. The van der Waals surface area contributed by atoms with E-state index in [1.807, 2.05) is 6.07 Å². The third kappa shape index (κ3) is 5.58. The number of esters is 1. The van der Waals surface area contributed by atoms with Gasteiger partial charge >= 0.3 is 12.1 Å². The predicted molar refractivity (Wildman–Crippen MR) is 98.5 cm³/mol. The Labute approximate surface area is 161 Å². The first-order valence-electron chi connectivity index (χ1n) is 8.79. The maximum absolute atomic E-state index is 12.6. The number of rotatable bonds is 6. The summed E-state index contributed by atoms with van der Waals surface area (Å²) in [5, 5.41) is 2.68. The number of amides is 1. The van der Waals surface area contributed by atoms with Crippen LogP contribution in [0.25, 0.3) is 0 Å². The number of halogens is 3. The fourth-order valence-corrected chi connectivity index (χ4v) is 2.58. The summed E-state index contributed by atoms with van der Waals surface area (Å²) in [6, 6.07) is 10.5. The SMILES string of the molecule is Cc1ccccc1C(=O)N[C@H](C(=O)OCc1ccc(C(F)(F)F)cc1)C(C)C. The average Bonchev–Trinajstić information content (AvgIpc) is 2.63. The summed E-state index contributed by atoms with van der Waals surface area (Å²) < 4.78 is 43.0. The number of carbonyl (C=O) groups is 2. The van der Waals surface area contributed by atoms with E-state index in [-0.39, 0.29) is 18.4 Å². The number of hydrogen-bond donors (Lipinski definition) is 1. The number of hydrogen-bond acceptors (Lipinski definition) is 3. The van der Waals surface area contributed by atoms with Gasteiger partial charge in [0.05, 0.1) is 5.56 Å². The number of ether oxygens (including phenoxy) is 1. The Kier molecular flexibility index (Phi) is 6.83. The molecule has 4 nitrogen and oxygen atoms in total. The number of nitrogens with one attached hydrogen (secondary N) is 1. The first-order chi connectivity index (χ1) is 13.1. The van der Waals surface area contributed by atoms with E-state index in [1.54, 1.807) is 39.0 Å².